The number of nitrogens with one attached hydrogen (secondary N) is 1. The average Bonchev–Trinajstić information content (AvgIpc) is 2.28. The van der Waals surface area contributed by atoms with Gasteiger partial charge in [0.1, 0.15) is 0 Å². The van der Waals surface area contributed by atoms with Gasteiger partial charge in [0.25, 0.3) is 0 Å². The van der Waals surface area contributed by atoms with Crippen LogP contribution in [0.25, 0.3) is 0 Å². The van der Waals surface area contributed by atoms with Crippen LogP contribution in [0.5, 0.6) is 0 Å². The molecular formula is C12H23NO4. The molecule has 0 aromatic rings. The summed E-state index contributed by atoms with van der Waals surface area (Å²) >= 11 is 0. The Hall–Kier alpha value is -1.26. The molecule has 100 valence electrons. The van der Waals surface area contributed by atoms with Crippen LogP contribution in [0.4, 0.5) is 4.79 Å². The fraction of sp³-hybridized carbons (Fsp3) is 0.833. The third-order valence-corrected chi connectivity index (χ3v) is 2.93. The fourth-order valence-electron chi connectivity index (χ4n) is 1.41. The number of aliphatic carboxylic acids is 1. The van der Waals surface area contributed by atoms with Crippen molar-refractivity contribution >= 4 is 12.1 Å². The van der Waals surface area contributed by atoms with Gasteiger partial charge in [-0.25, -0.2) is 4.79 Å². The molecule has 0 bridgehead atoms. The quantitative estimate of drug-likeness (QED) is 0.721. The number of alkyl carbamates (subject to hydrolysis) is 1. The van der Waals surface area contributed by atoms with Crippen LogP contribution in [-0.4, -0.2) is 30.3 Å². The highest BCUT2D eigenvalue weighted by atomic mass is 16.5. The Kier molecular flexibility index (Phi) is 6.61. The summed E-state index contributed by atoms with van der Waals surface area (Å²) < 4.78 is 4.92. The molecule has 0 aliphatic carbocycles. The Morgan fingerprint density at radius 2 is 1.82 bits per heavy atom. The van der Waals surface area contributed by atoms with Crippen LogP contribution in [0.1, 0.15) is 40.5 Å². The number of rotatable bonds is 7. The molecule has 0 radical (unpaired) electrons. The third-order valence-electron chi connectivity index (χ3n) is 2.93. The zero-order valence-corrected chi connectivity index (χ0v) is 11.1. The first kappa shape index (κ1) is 15.7. The molecular weight excluding hydrogens is 222 g/mol. The summed E-state index contributed by atoms with van der Waals surface area (Å²) in [5, 5.41) is 11.7. The van der Waals surface area contributed by atoms with E-state index in [1.807, 2.05) is 13.8 Å². The van der Waals surface area contributed by atoms with E-state index >= 15 is 0 Å². The Morgan fingerprint density at radius 1 is 1.29 bits per heavy atom. The van der Waals surface area contributed by atoms with Gasteiger partial charge in [0, 0.05) is 6.54 Å². The maximum absolute atomic E-state index is 11.3. The molecule has 0 heterocycles. The number of carboxylic acids is 1. The van der Waals surface area contributed by atoms with Gasteiger partial charge in [-0.1, -0.05) is 27.7 Å². The Bertz CT molecular complexity index is 259. The maximum Gasteiger partial charge on any atom is 0.407 e. The van der Waals surface area contributed by atoms with Crippen molar-refractivity contribution in [3.8, 4) is 0 Å². The van der Waals surface area contributed by atoms with Crippen molar-refractivity contribution in [3.05, 3.63) is 0 Å². The van der Waals surface area contributed by atoms with Crippen molar-refractivity contribution in [2.24, 2.45) is 11.3 Å². The molecule has 0 aliphatic rings. The van der Waals surface area contributed by atoms with Crippen molar-refractivity contribution in [3.63, 3.8) is 0 Å². The smallest absolute Gasteiger partial charge is 0.407 e. The summed E-state index contributed by atoms with van der Waals surface area (Å²) in [6.45, 7) is 7.92. The minimum atomic E-state index is -0.892. The molecule has 0 aliphatic heterocycles. The van der Waals surface area contributed by atoms with Crippen LogP contribution in [0.2, 0.25) is 0 Å². The van der Waals surface area contributed by atoms with Crippen LogP contribution in [0.15, 0.2) is 0 Å². The summed E-state index contributed by atoms with van der Waals surface area (Å²) in [6.07, 6.45) is 0.401. The molecule has 0 rings (SSSR count). The SMILES string of the molecule is CCC(CC)(CNC(=O)OCC(C)C)C(=O)O. The number of carbonyl (C=O) groups excluding carboxylic acids is 1. The molecule has 0 spiro atoms. The summed E-state index contributed by atoms with van der Waals surface area (Å²) in [5.41, 5.74) is -0.892. The van der Waals surface area contributed by atoms with Gasteiger partial charge in [0.15, 0.2) is 0 Å². The van der Waals surface area contributed by atoms with E-state index in [9.17, 15) is 9.59 Å². The maximum atomic E-state index is 11.3. The first-order valence-electron chi connectivity index (χ1n) is 6.02. The predicted molar refractivity (Wildman–Crippen MR) is 64.8 cm³/mol. The van der Waals surface area contributed by atoms with Gasteiger partial charge in [0.2, 0.25) is 0 Å². The zero-order valence-electron chi connectivity index (χ0n) is 11.1. The molecule has 0 aromatic carbocycles. The van der Waals surface area contributed by atoms with E-state index < -0.39 is 17.5 Å². The second-order valence-corrected chi connectivity index (χ2v) is 4.64. The van der Waals surface area contributed by atoms with Crippen LogP contribution in [-0.2, 0) is 9.53 Å². The monoisotopic (exact) mass is 245 g/mol. The van der Waals surface area contributed by atoms with E-state index in [4.69, 9.17) is 9.84 Å². The second kappa shape index (κ2) is 7.14. The molecule has 1 amide bonds. The summed E-state index contributed by atoms with van der Waals surface area (Å²) in [4.78, 5) is 22.5. The Labute approximate surface area is 103 Å². The molecule has 17 heavy (non-hydrogen) atoms. The fourth-order valence-corrected chi connectivity index (χ4v) is 1.41. The number of hydrogen-bond acceptors (Lipinski definition) is 3. The Morgan fingerprint density at radius 3 is 2.18 bits per heavy atom. The van der Waals surface area contributed by atoms with Crippen LogP contribution in [0.3, 0.4) is 0 Å². The van der Waals surface area contributed by atoms with Crippen molar-refractivity contribution < 1.29 is 19.4 Å². The van der Waals surface area contributed by atoms with E-state index in [0.717, 1.165) is 0 Å². The van der Waals surface area contributed by atoms with E-state index in [1.165, 1.54) is 0 Å². The van der Waals surface area contributed by atoms with Gasteiger partial charge in [-0.05, 0) is 18.8 Å². The minimum absolute atomic E-state index is 0.103. The average molecular weight is 245 g/mol. The predicted octanol–water partition coefficient (Wildman–Crippen LogP) is 2.26. The van der Waals surface area contributed by atoms with E-state index in [2.05, 4.69) is 5.32 Å². The van der Waals surface area contributed by atoms with Crippen molar-refractivity contribution in [1.29, 1.82) is 0 Å². The molecule has 5 heteroatoms. The molecule has 5 nitrogen and oxygen atoms in total. The Balaban J connectivity index is 4.22. The minimum Gasteiger partial charge on any atom is -0.481 e. The largest absolute Gasteiger partial charge is 0.481 e. The van der Waals surface area contributed by atoms with Gasteiger partial charge in [-0.15, -0.1) is 0 Å². The lowest BCUT2D eigenvalue weighted by Crippen LogP contribution is -2.42. The first-order valence-corrected chi connectivity index (χ1v) is 6.02. The number of ether oxygens (including phenoxy) is 1. The van der Waals surface area contributed by atoms with Gasteiger partial charge >= 0.3 is 12.1 Å². The summed E-state index contributed by atoms with van der Waals surface area (Å²) in [5.74, 6) is -0.617. The highest BCUT2D eigenvalue weighted by molar-refractivity contribution is 5.76. The van der Waals surface area contributed by atoms with Gasteiger partial charge < -0.3 is 15.2 Å². The number of hydrogen-bond donors (Lipinski definition) is 2. The van der Waals surface area contributed by atoms with E-state index in [-0.39, 0.29) is 12.5 Å². The lowest BCUT2D eigenvalue weighted by Gasteiger charge is -2.26. The standard InChI is InChI=1S/C12H23NO4/c1-5-12(6-2,10(14)15)8-13-11(16)17-7-9(3)4/h9H,5-8H2,1-4H3,(H,13,16)(H,14,15). The normalized spacial score (nSPS) is 11.4. The van der Waals surface area contributed by atoms with Crippen molar-refractivity contribution in [2.75, 3.05) is 13.2 Å². The van der Waals surface area contributed by atoms with Crippen LogP contribution < -0.4 is 5.32 Å². The highest BCUT2D eigenvalue weighted by Gasteiger charge is 2.35. The van der Waals surface area contributed by atoms with E-state index in [0.29, 0.717) is 19.4 Å². The molecule has 0 saturated carbocycles. The van der Waals surface area contributed by atoms with Gasteiger partial charge in [-0.2, -0.15) is 0 Å². The van der Waals surface area contributed by atoms with Crippen molar-refractivity contribution in [2.45, 2.75) is 40.5 Å². The van der Waals surface area contributed by atoms with Gasteiger partial charge in [0.05, 0.1) is 12.0 Å². The van der Waals surface area contributed by atoms with Crippen molar-refractivity contribution in [1.82, 2.24) is 5.32 Å². The second-order valence-electron chi connectivity index (χ2n) is 4.64. The molecule has 2 N–H and O–H groups in total. The molecule has 0 unspecified atom stereocenters. The summed E-state index contributed by atoms with van der Waals surface area (Å²) in [6, 6.07) is 0. The van der Waals surface area contributed by atoms with Crippen LogP contribution in [0, 0.1) is 11.3 Å². The number of carbonyl (C=O) groups is 2. The number of amides is 1. The number of carboxylic acid groups (broad SMARTS) is 1. The molecule has 0 aromatic heterocycles. The van der Waals surface area contributed by atoms with E-state index in [1.54, 1.807) is 13.8 Å². The zero-order chi connectivity index (χ0) is 13.5. The van der Waals surface area contributed by atoms with Crippen LogP contribution >= 0.6 is 0 Å². The summed E-state index contributed by atoms with van der Waals surface area (Å²) in [7, 11) is 0. The van der Waals surface area contributed by atoms with Gasteiger partial charge in [-0.3, -0.25) is 4.79 Å². The topological polar surface area (TPSA) is 75.6 Å². The first-order chi connectivity index (χ1) is 7.88. The molecule has 0 saturated heterocycles. The lowest BCUT2D eigenvalue weighted by molar-refractivity contribution is -0.149. The highest BCUT2D eigenvalue weighted by Crippen LogP contribution is 2.25. The third kappa shape index (κ3) is 5.06. The molecule has 0 fully saturated rings. The molecule has 0 atom stereocenters. The lowest BCUT2D eigenvalue weighted by atomic mass is 9.82.